The summed E-state index contributed by atoms with van der Waals surface area (Å²) in [4.78, 5) is 40.8. The average molecular weight is 607 g/mol. The second kappa shape index (κ2) is 14.7. The summed E-state index contributed by atoms with van der Waals surface area (Å²) in [6.07, 6.45) is 0.126. The molecule has 1 unspecified atom stereocenters. The number of amides is 3. The molecule has 0 radical (unpaired) electrons. The zero-order chi connectivity index (χ0) is 32.5. The van der Waals surface area contributed by atoms with Crippen LogP contribution in [0.5, 0.6) is 11.5 Å². The van der Waals surface area contributed by atoms with Gasteiger partial charge in [0.2, 0.25) is 11.8 Å². The molecule has 0 fully saturated rings. The maximum absolute atomic E-state index is 14.2. The molecular formula is C35H38N6O4. The number of anilines is 1. The Morgan fingerprint density at radius 1 is 0.822 bits per heavy atom. The quantitative estimate of drug-likeness (QED) is 0.0859. The fourth-order valence-corrected chi connectivity index (χ4v) is 4.78. The van der Waals surface area contributed by atoms with Crippen LogP contribution >= 0.6 is 0 Å². The smallest absolute Gasteiger partial charge is 0.254 e. The van der Waals surface area contributed by atoms with E-state index in [0.29, 0.717) is 34.2 Å². The van der Waals surface area contributed by atoms with E-state index in [2.05, 4.69) is 19.2 Å². The van der Waals surface area contributed by atoms with Crippen molar-refractivity contribution in [3.8, 4) is 11.5 Å². The minimum Gasteiger partial charge on any atom is -0.457 e. The molecule has 4 rings (SSSR count). The van der Waals surface area contributed by atoms with Crippen LogP contribution in [0.15, 0.2) is 97.1 Å². The summed E-state index contributed by atoms with van der Waals surface area (Å²) in [5, 5.41) is 10.4. The second-order valence-corrected chi connectivity index (χ2v) is 11.0. The van der Waals surface area contributed by atoms with Gasteiger partial charge in [-0.05, 0) is 71.1 Å². The third kappa shape index (κ3) is 8.93. The molecule has 0 aromatic heterocycles. The Kier molecular flexibility index (Phi) is 10.5. The van der Waals surface area contributed by atoms with Gasteiger partial charge in [0, 0.05) is 29.8 Å². The Morgan fingerprint density at radius 3 is 2.13 bits per heavy atom. The van der Waals surface area contributed by atoms with Crippen molar-refractivity contribution in [1.82, 2.24) is 10.2 Å². The summed E-state index contributed by atoms with van der Waals surface area (Å²) >= 11 is 0. The maximum atomic E-state index is 14.2. The van der Waals surface area contributed by atoms with Gasteiger partial charge in [0.05, 0.1) is 6.54 Å². The van der Waals surface area contributed by atoms with Crippen molar-refractivity contribution in [1.29, 1.82) is 5.41 Å². The van der Waals surface area contributed by atoms with Crippen LogP contribution in [0, 0.1) is 5.41 Å². The Hall–Kier alpha value is -5.64. The van der Waals surface area contributed by atoms with Crippen LogP contribution < -0.4 is 27.3 Å². The number of nitrogens with two attached hydrogens (primary N) is 3. The number of benzene rings is 4. The van der Waals surface area contributed by atoms with Crippen molar-refractivity contribution in [3.63, 3.8) is 0 Å². The SMILES string of the molecule is CC(C)c1ccc(Oc2cccc(CN(C(=O)c3cccc(C(=N)N)c3)C(Cc3ccc(N)cc3)C(=O)NCC(N)=O)c2)cc1. The van der Waals surface area contributed by atoms with Gasteiger partial charge in [-0.2, -0.15) is 0 Å². The predicted octanol–water partition coefficient (Wildman–Crippen LogP) is 4.32. The highest BCUT2D eigenvalue weighted by molar-refractivity contribution is 6.01. The molecule has 1 atom stereocenters. The predicted molar refractivity (Wildman–Crippen MR) is 175 cm³/mol. The van der Waals surface area contributed by atoms with E-state index in [9.17, 15) is 14.4 Å². The number of nitrogens with zero attached hydrogens (tertiary/aromatic N) is 1. The number of nitrogen functional groups attached to an aromatic ring is 2. The van der Waals surface area contributed by atoms with Crippen LogP contribution in [-0.2, 0) is 22.6 Å². The van der Waals surface area contributed by atoms with E-state index in [1.165, 1.54) is 16.5 Å². The summed E-state index contributed by atoms with van der Waals surface area (Å²) in [6.45, 7) is 3.88. The first kappa shape index (κ1) is 32.3. The number of rotatable bonds is 13. The molecule has 10 nitrogen and oxygen atoms in total. The molecule has 4 aromatic carbocycles. The van der Waals surface area contributed by atoms with Crippen LogP contribution in [0.4, 0.5) is 5.69 Å². The molecule has 0 aliphatic rings. The maximum Gasteiger partial charge on any atom is 0.254 e. The molecule has 0 saturated carbocycles. The molecular weight excluding hydrogens is 568 g/mol. The molecule has 0 aliphatic heterocycles. The van der Waals surface area contributed by atoms with E-state index in [1.807, 2.05) is 48.5 Å². The molecule has 0 heterocycles. The Morgan fingerprint density at radius 2 is 1.49 bits per heavy atom. The molecule has 4 aromatic rings. The van der Waals surface area contributed by atoms with E-state index in [4.69, 9.17) is 27.3 Å². The molecule has 0 aliphatic carbocycles. The monoisotopic (exact) mass is 606 g/mol. The molecule has 232 valence electrons. The Balaban J connectivity index is 1.72. The van der Waals surface area contributed by atoms with Gasteiger partial charge in [-0.1, -0.05) is 62.4 Å². The third-order valence-corrected chi connectivity index (χ3v) is 7.24. The Labute approximate surface area is 262 Å². The first-order valence-corrected chi connectivity index (χ1v) is 14.5. The van der Waals surface area contributed by atoms with Crippen LogP contribution in [0.1, 0.15) is 52.4 Å². The molecule has 8 N–H and O–H groups in total. The van der Waals surface area contributed by atoms with Gasteiger partial charge in [-0.15, -0.1) is 0 Å². The van der Waals surface area contributed by atoms with Gasteiger partial charge in [0.15, 0.2) is 0 Å². The number of ether oxygens (including phenoxy) is 1. The number of hydrogen-bond donors (Lipinski definition) is 5. The van der Waals surface area contributed by atoms with Crippen LogP contribution in [0.3, 0.4) is 0 Å². The molecule has 10 heteroatoms. The summed E-state index contributed by atoms with van der Waals surface area (Å²) in [5.74, 6) is -0.319. The van der Waals surface area contributed by atoms with Gasteiger partial charge in [0.1, 0.15) is 23.4 Å². The topological polar surface area (TPSA) is 178 Å². The number of hydrogen-bond acceptors (Lipinski definition) is 6. The van der Waals surface area contributed by atoms with E-state index >= 15 is 0 Å². The average Bonchev–Trinajstić information content (AvgIpc) is 3.02. The largest absolute Gasteiger partial charge is 0.457 e. The standard InChI is InChI=1S/C35H38N6O4/c1-22(2)25-11-15-29(16-12-25)45-30-8-3-5-24(17-30)21-41(35(44)27-7-4-6-26(19-27)33(38)39)31(34(43)40-20-32(37)42)18-23-9-13-28(36)14-10-23/h3-17,19,22,31H,18,20-21,36H2,1-2H3,(H2,37,42)(H3,38,39)(H,40,43). The summed E-state index contributed by atoms with van der Waals surface area (Å²) in [5.41, 5.74) is 20.7. The Bertz CT molecular complexity index is 1670. The zero-order valence-corrected chi connectivity index (χ0v) is 25.3. The fourth-order valence-electron chi connectivity index (χ4n) is 4.78. The summed E-state index contributed by atoms with van der Waals surface area (Å²) < 4.78 is 6.12. The van der Waals surface area contributed by atoms with Crippen LogP contribution in [0.2, 0.25) is 0 Å². The lowest BCUT2D eigenvalue weighted by Gasteiger charge is -2.31. The van der Waals surface area contributed by atoms with E-state index in [0.717, 1.165) is 5.56 Å². The van der Waals surface area contributed by atoms with Gasteiger partial charge >= 0.3 is 0 Å². The van der Waals surface area contributed by atoms with E-state index in [-0.39, 0.29) is 24.4 Å². The van der Waals surface area contributed by atoms with Gasteiger partial charge in [-0.3, -0.25) is 19.8 Å². The summed E-state index contributed by atoms with van der Waals surface area (Å²) in [7, 11) is 0. The fraction of sp³-hybridized carbons (Fsp3) is 0.200. The first-order chi connectivity index (χ1) is 21.5. The second-order valence-electron chi connectivity index (χ2n) is 11.0. The lowest BCUT2D eigenvalue weighted by Crippen LogP contribution is -2.51. The number of carbonyl (C=O) groups excluding carboxylic acids is 3. The zero-order valence-electron chi connectivity index (χ0n) is 25.3. The van der Waals surface area contributed by atoms with Crippen molar-refractivity contribution in [3.05, 3.63) is 125 Å². The van der Waals surface area contributed by atoms with E-state index < -0.39 is 30.3 Å². The summed E-state index contributed by atoms with van der Waals surface area (Å²) in [6, 6.07) is 27.4. The number of primary amides is 1. The molecule has 0 spiro atoms. The van der Waals surface area contributed by atoms with Crippen LogP contribution in [-0.4, -0.2) is 41.0 Å². The van der Waals surface area contributed by atoms with Gasteiger partial charge < -0.3 is 32.2 Å². The number of nitrogens with one attached hydrogen (secondary N) is 2. The highest BCUT2D eigenvalue weighted by atomic mass is 16.5. The highest BCUT2D eigenvalue weighted by Gasteiger charge is 2.31. The van der Waals surface area contributed by atoms with Gasteiger partial charge in [0.25, 0.3) is 5.91 Å². The van der Waals surface area contributed by atoms with Crippen molar-refractivity contribution in [2.45, 2.75) is 38.8 Å². The normalized spacial score (nSPS) is 11.4. The van der Waals surface area contributed by atoms with Crippen LogP contribution in [0.25, 0.3) is 0 Å². The van der Waals surface area contributed by atoms with Crippen molar-refractivity contribution < 1.29 is 19.1 Å². The third-order valence-electron chi connectivity index (χ3n) is 7.24. The van der Waals surface area contributed by atoms with Crippen molar-refractivity contribution >= 4 is 29.2 Å². The minimum absolute atomic E-state index is 0.0241. The first-order valence-electron chi connectivity index (χ1n) is 14.5. The lowest BCUT2D eigenvalue weighted by molar-refractivity contribution is -0.128. The van der Waals surface area contributed by atoms with Crippen molar-refractivity contribution in [2.75, 3.05) is 12.3 Å². The van der Waals surface area contributed by atoms with Crippen molar-refractivity contribution in [2.24, 2.45) is 11.5 Å². The molecule has 0 bridgehead atoms. The number of carbonyl (C=O) groups is 3. The lowest BCUT2D eigenvalue weighted by atomic mass is 10.0. The molecule has 0 saturated heterocycles. The van der Waals surface area contributed by atoms with E-state index in [1.54, 1.807) is 42.5 Å². The van der Waals surface area contributed by atoms with Gasteiger partial charge in [-0.25, -0.2) is 0 Å². The number of amidine groups is 1. The molecule has 3 amide bonds. The minimum atomic E-state index is -1.05. The highest BCUT2D eigenvalue weighted by Crippen LogP contribution is 2.26. The molecule has 45 heavy (non-hydrogen) atoms.